The molecule has 0 spiro atoms. The first-order valence-corrected chi connectivity index (χ1v) is 6.94. The number of benzene rings is 1. The van der Waals surface area contributed by atoms with Crippen LogP contribution >= 0.6 is 0 Å². The zero-order valence-electron chi connectivity index (χ0n) is 11.8. The summed E-state index contributed by atoms with van der Waals surface area (Å²) in [4.78, 5) is 14.0. The third-order valence-corrected chi connectivity index (χ3v) is 3.66. The molecule has 1 aromatic rings. The maximum atomic E-state index is 12.2. The number of likely N-dealkylation sites (tertiary alicyclic amines) is 1. The van der Waals surface area contributed by atoms with E-state index in [1.54, 1.807) is 12.0 Å². The van der Waals surface area contributed by atoms with Crippen LogP contribution in [0.1, 0.15) is 18.0 Å². The van der Waals surface area contributed by atoms with Crippen LogP contribution in [-0.2, 0) is 4.74 Å². The Morgan fingerprint density at radius 2 is 2.25 bits per heavy atom. The van der Waals surface area contributed by atoms with Gasteiger partial charge in [-0.15, -0.1) is 0 Å². The summed E-state index contributed by atoms with van der Waals surface area (Å²) in [7, 11) is 1.62. The van der Waals surface area contributed by atoms with Crippen molar-refractivity contribution in [2.75, 3.05) is 33.4 Å². The summed E-state index contributed by atoms with van der Waals surface area (Å²) in [6.45, 7) is 1.90. The number of rotatable bonds is 5. The fourth-order valence-corrected chi connectivity index (χ4v) is 2.48. The molecule has 1 aliphatic heterocycles. The van der Waals surface area contributed by atoms with E-state index in [0.717, 1.165) is 12.0 Å². The lowest BCUT2D eigenvalue weighted by Crippen LogP contribution is -2.41. The molecule has 0 aliphatic carbocycles. The van der Waals surface area contributed by atoms with Gasteiger partial charge in [-0.05, 0) is 12.0 Å². The normalized spacial score (nSPS) is 19.9. The van der Waals surface area contributed by atoms with E-state index >= 15 is 0 Å². The summed E-state index contributed by atoms with van der Waals surface area (Å²) in [6, 6.07) is 9.55. The molecule has 0 saturated carbocycles. The monoisotopic (exact) mass is 278 g/mol. The highest BCUT2D eigenvalue weighted by molar-refractivity contribution is 5.75. The second-order valence-electron chi connectivity index (χ2n) is 5.15. The molecule has 2 amide bonds. The second kappa shape index (κ2) is 7.26. The Balaban J connectivity index is 1.96. The van der Waals surface area contributed by atoms with E-state index in [1.165, 1.54) is 0 Å². The van der Waals surface area contributed by atoms with Crippen LogP contribution in [0.15, 0.2) is 30.3 Å². The van der Waals surface area contributed by atoms with Crippen molar-refractivity contribution in [1.82, 2.24) is 10.2 Å². The van der Waals surface area contributed by atoms with Gasteiger partial charge in [-0.2, -0.15) is 0 Å². The van der Waals surface area contributed by atoms with E-state index in [0.29, 0.717) is 19.7 Å². The highest BCUT2D eigenvalue weighted by Gasteiger charge is 2.27. The topological polar surface area (TPSA) is 61.8 Å². The highest BCUT2D eigenvalue weighted by Crippen LogP contribution is 2.18. The smallest absolute Gasteiger partial charge is 0.317 e. The number of aliphatic hydroxyl groups excluding tert-OH is 1. The number of ether oxygens (including phenoxy) is 1. The molecule has 1 fully saturated rings. The maximum Gasteiger partial charge on any atom is 0.317 e. The molecular formula is C15H22N2O3. The van der Waals surface area contributed by atoms with Crippen LogP contribution in [0.3, 0.4) is 0 Å². The molecule has 2 N–H and O–H groups in total. The number of amides is 2. The van der Waals surface area contributed by atoms with Gasteiger partial charge in [0.1, 0.15) is 0 Å². The van der Waals surface area contributed by atoms with Crippen LogP contribution in [0.5, 0.6) is 0 Å². The Bertz CT molecular complexity index is 424. The Hall–Kier alpha value is -1.59. The molecule has 110 valence electrons. The molecule has 0 aromatic heterocycles. The molecule has 0 radical (unpaired) electrons. The van der Waals surface area contributed by atoms with Crippen LogP contribution < -0.4 is 5.32 Å². The molecule has 2 unspecified atom stereocenters. The van der Waals surface area contributed by atoms with Crippen molar-refractivity contribution >= 4 is 6.03 Å². The van der Waals surface area contributed by atoms with Crippen LogP contribution in [0, 0.1) is 5.92 Å². The Kier molecular flexibility index (Phi) is 5.38. The SMILES string of the molecule is COCC(NC(=O)N1CCC(CO)C1)c1ccccc1. The number of nitrogens with one attached hydrogen (secondary N) is 1. The van der Waals surface area contributed by atoms with Crippen molar-refractivity contribution in [2.24, 2.45) is 5.92 Å². The number of hydrogen-bond donors (Lipinski definition) is 2. The molecule has 0 bridgehead atoms. The van der Waals surface area contributed by atoms with Gasteiger partial charge in [0.05, 0.1) is 12.6 Å². The first-order valence-electron chi connectivity index (χ1n) is 6.94. The lowest BCUT2D eigenvalue weighted by atomic mass is 10.1. The number of carbonyl (C=O) groups excluding carboxylic acids is 1. The van der Waals surface area contributed by atoms with Gasteiger partial charge in [0.25, 0.3) is 0 Å². The largest absolute Gasteiger partial charge is 0.396 e. The molecule has 2 rings (SSSR count). The maximum absolute atomic E-state index is 12.2. The number of methoxy groups -OCH3 is 1. The Morgan fingerprint density at radius 3 is 2.85 bits per heavy atom. The Morgan fingerprint density at radius 1 is 1.50 bits per heavy atom. The third-order valence-electron chi connectivity index (χ3n) is 3.66. The number of nitrogens with zero attached hydrogens (tertiary/aromatic N) is 1. The van der Waals surface area contributed by atoms with Gasteiger partial charge in [0, 0.05) is 32.7 Å². The average Bonchev–Trinajstić information content (AvgIpc) is 2.97. The van der Waals surface area contributed by atoms with Gasteiger partial charge in [-0.3, -0.25) is 0 Å². The zero-order valence-corrected chi connectivity index (χ0v) is 11.8. The third kappa shape index (κ3) is 3.71. The minimum Gasteiger partial charge on any atom is -0.396 e. The number of hydrogen-bond acceptors (Lipinski definition) is 3. The lowest BCUT2D eigenvalue weighted by molar-refractivity contribution is 0.156. The molecule has 5 heteroatoms. The molecule has 1 aromatic carbocycles. The van der Waals surface area contributed by atoms with Crippen molar-refractivity contribution < 1.29 is 14.6 Å². The summed E-state index contributed by atoms with van der Waals surface area (Å²) in [5, 5.41) is 12.1. The highest BCUT2D eigenvalue weighted by atomic mass is 16.5. The lowest BCUT2D eigenvalue weighted by Gasteiger charge is -2.23. The second-order valence-corrected chi connectivity index (χ2v) is 5.15. The summed E-state index contributed by atoms with van der Waals surface area (Å²) in [6.07, 6.45) is 0.865. The summed E-state index contributed by atoms with van der Waals surface area (Å²) >= 11 is 0. The minimum atomic E-state index is -0.151. The van der Waals surface area contributed by atoms with Gasteiger partial charge in [0.15, 0.2) is 0 Å². The first-order chi connectivity index (χ1) is 9.74. The predicted molar refractivity (Wildman–Crippen MR) is 76.4 cm³/mol. The van der Waals surface area contributed by atoms with Crippen LogP contribution in [-0.4, -0.2) is 49.5 Å². The fourth-order valence-electron chi connectivity index (χ4n) is 2.48. The average molecular weight is 278 g/mol. The number of urea groups is 1. The van der Waals surface area contributed by atoms with Crippen LogP contribution in [0.4, 0.5) is 4.79 Å². The number of aliphatic hydroxyl groups is 1. The van der Waals surface area contributed by atoms with E-state index in [-0.39, 0.29) is 24.6 Å². The van der Waals surface area contributed by atoms with Crippen molar-refractivity contribution in [3.63, 3.8) is 0 Å². The van der Waals surface area contributed by atoms with E-state index < -0.39 is 0 Å². The first kappa shape index (κ1) is 14.8. The summed E-state index contributed by atoms with van der Waals surface area (Å²) in [5.41, 5.74) is 1.03. The fraction of sp³-hybridized carbons (Fsp3) is 0.533. The van der Waals surface area contributed by atoms with Gasteiger partial charge in [-0.25, -0.2) is 4.79 Å². The van der Waals surface area contributed by atoms with Crippen molar-refractivity contribution in [3.05, 3.63) is 35.9 Å². The quantitative estimate of drug-likeness (QED) is 0.856. The molecule has 1 heterocycles. The predicted octanol–water partition coefficient (Wildman–Crippen LogP) is 1.40. The van der Waals surface area contributed by atoms with Gasteiger partial charge in [0.2, 0.25) is 0 Å². The van der Waals surface area contributed by atoms with Gasteiger partial charge >= 0.3 is 6.03 Å². The number of carbonyl (C=O) groups is 1. The van der Waals surface area contributed by atoms with Crippen molar-refractivity contribution in [1.29, 1.82) is 0 Å². The zero-order chi connectivity index (χ0) is 14.4. The minimum absolute atomic E-state index is 0.0909. The molecule has 5 nitrogen and oxygen atoms in total. The van der Waals surface area contributed by atoms with Crippen molar-refractivity contribution in [2.45, 2.75) is 12.5 Å². The summed E-state index contributed by atoms with van der Waals surface area (Å²) in [5.74, 6) is 0.207. The van der Waals surface area contributed by atoms with E-state index in [4.69, 9.17) is 9.84 Å². The summed E-state index contributed by atoms with van der Waals surface area (Å²) < 4.78 is 5.19. The van der Waals surface area contributed by atoms with E-state index in [9.17, 15) is 4.79 Å². The molecular weight excluding hydrogens is 256 g/mol. The molecule has 20 heavy (non-hydrogen) atoms. The standard InChI is InChI=1S/C15H22N2O3/c1-20-11-14(13-5-3-2-4-6-13)16-15(19)17-8-7-12(9-17)10-18/h2-6,12,14,18H,7-11H2,1H3,(H,16,19). The van der Waals surface area contributed by atoms with Gasteiger partial charge in [-0.1, -0.05) is 30.3 Å². The molecule has 1 saturated heterocycles. The molecule has 1 aliphatic rings. The van der Waals surface area contributed by atoms with Crippen LogP contribution in [0.25, 0.3) is 0 Å². The van der Waals surface area contributed by atoms with E-state index in [1.807, 2.05) is 30.3 Å². The molecule has 2 atom stereocenters. The van der Waals surface area contributed by atoms with E-state index in [2.05, 4.69) is 5.32 Å². The van der Waals surface area contributed by atoms with Crippen LogP contribution in [0.2, 0.25) is 0 Å². The Labute approximate surface area is 119 Å². The van der Waals surface area contributed by atoms with Crippen molar-refractivity contribution in [3.8, 4) is 0 Å². The van der Waals surface area contributed by atoms with Gasteiger partial charge < -0.3 is 20.1 Å².